The molecule has 0 aliphatic heterocycles. The Labute approximate surface area is 234 Å². The van der Waals surface area contributed by atoms with Crippen molar-refractivity contribution < 1.29 is 4.79 Å². The number of aryl methyl sites for hydroxylation is 1. The predicted molar refractivity (Wildman–Crippen MR) is 153 cm³/mol. The van der Waals surface area contributed by atoms with Crippen LogP contribution in [-0.2, 0) is 25.4 Å². The number of benzene rings is 1. The van der Waals surface area contributed by atoms with Gasteiger partial charge in [-0.25, -0.2) is 4.98 Å². The average molecular weight is 537 g/mol. The van der Waals surface area contributed by atoms with E-state index in [1.807, 2.05) is 52.7 Å². The van der Waals surface area contributed by atoms with E-state index in [1.54, 1.807) is 12.5 Å². The fourth-order valence-electron chi connectivity index (χ4n) is 6.62. The van der Waals surface area contributed by atoms with Crippen molar-refractivity contribution in [1.29, 1.82) is 5.26 Å². The molecular formula is C31H36N8O. The molecule has 3 heterocycles. The fraction of sp³-hybridized carbons (Fsp3) is 0.452. The number of nitrogens with zero attached hydrogens (tertiary/aromatic N) is 6. The summed E-state index contributed by atoms with van der Waals surface area (Å²) < 4.78 is 3.85. The summed E-state index contributed by atoms with van der Waals surface area (Å²) in [4.78, 5) is 18.1. The highest BCUT2D eigenvalue weighted by Crippen LogP contribution is 2.50. The Balaban J connectivity index is 1.21. The van der Waals surface area contributed by atoms with E-state index in [2.05, 4.69) is 44.9 Å². The average Bonchev–Trinajstić information content (AvgIpc) is 3.67. The summed E-state index contributed by atoms with van der Waals surface area (Å²) in [5.41, 5.74) is 4.21. The number of fused-ring (bicyclic) bond motifs is 1. The summed E-state index contributed by atoms with van der Waals surface area (Å²) in [6, 6.07) is 12.4. The van der Waals surface area contributed by atoms with E-state index < -0.39 is 0 Å². The zero-order valence-corrected chi connectivity index (χ0v) is 23.2. The molecule has 9 nitrogen and oxygen atoms in total. The molecule has 0 bridgehead atoms. The number of imidazole rings is 1. The standard InChI is InChI=1S/C31H36N8O/c1-30(8-3-4-9-30)20-33-18-22-12-26(28-34-10-11-39(28)19-22)29(40)36-25-7-5-6-24(13-25)31(14-23(15-31)17-32)16-27-37-35-21-38(27)2/h5-7,10-13,19,21,23,33H,3-4,8-9,14-16,18,20H2,1-2H3,(H,36,40). The Morgan fingerprint density at radius 3 is 2.80 bits per heavy atom. The van der Waals surface area contributed by atoms with E-state index in [9.17, 15) is 10.1 Å². The van der Waals surface area contributed by atoms with Crippen molar-refractivity contribution in [1.82, 2.24) is 29.5 Å². The summed E-state index contributed by atoms with van der Waals surface area (Å²) in [6.07, 6.45) is 14.7. The molecule has 6 rings (SSSR count). The summed E-state index contributed by atoms with van der Waals surface area (Å²) in [5, 5.41) is 24.6. The Hall–Kier alpha value is -4.03. The maximum Gasteiger partial charge on any atom is 0.259 e. The molecule has 0 spiro atoms. The summed E-state index contributed by atoms with van der Waals surface area (Å²) in [5.74, 6) is 0.719. The Morgan fingerprint density at radius 1 is 1.23 bits per heavy atom. The van der Waals surface area contributed by atoms with Gasteiger partial charge in [0.2, 0.25) is 0 Å². The molecule has 0 unspecified atom stereocenters. The van der Waals surface area contributed by atoms with Gasteiger partial charge >= 0.3 is 0 Å². The van der Waals surface area contributed by atoms with Crippen LogP contribution in [0.3, 0.4) is 0 Å². The lowest BCUT2D eigenvalue weighted by molar-refractivity contribution is 0.102. The SMILES string of the molecule is Cn1cnnc1CC1(c2cccc(NC(=O)c3cc(CNCC4(C)CCCC4)cn4ccnc34)c2)CC(C#N)C1. The van der Waals surface area contributed by atoms with Crippen molar-refractivity contribution in [2.24, 2.45) is 18.4 Å². The van der Waals surface area contributed by atoms with E-state index in [-0.39, 0.29) is 17.2 Å². The molecule has 2 fully saturated rings. The van der Waals surface area contributed by atoms with Crippen molar-refractivity contribution in [3.05, 3.63) is 77.8 Å². The monoisotopic (exact) mass is 536 g/mol. The number of pyridine rings is 1. The normalized spacial score (nSPS) is 21.7. The lowest BCUT2D eigenvalue weighted by atomic mass is 9.57. The van der Waals surface area contributed by atoms with Crippen molar-refractivity contribution in [2.75, 3.05) is 11.9 Å². The first-order valence-corrected chi connectivity index (χ1v) is 14.2. The lowest BCUT2D eigenvalue weighted by Gasteiger charge is -2.45. The van der Waals surface area contributed by atoms with E-state index in [1.165, 1.54) is 25.7 Å². The maximum absolute atomic E-state index is 13.6. The van der Waals surface area contributed by atoms with Gasteiger partial charge in [0.05, 0.1) is 11.6 Å². The third kappa shape index (κ3) is 5.11. The molecule has 0 radical (unpaired) electrons. The molecule has 1 amide bonds. The van der Waals surface area contributed by atoms with Crippen molar-refractivity contribution in [3.63, 3.8) is 0 Å². The van der Waals surface area contributed by atoms with Gasteiger partial charge in [-0.05, 0) is 60.4 Å². The van der Waals surface area contributed by atoms with Crippen LogP contribution < -0.4 is 10.6 Å². The van der Waals surface area contributed by atoms with Gasteiger partial charge in [0.25, 0.3) is 5.91 Å². The van der Waals surface area contributed by atoms with E-state index in [4.69, 9.17) is 0 Å². The molecule has 3 aromatic heterocycles. The number of anilines is 1. The number of amides is 1. The Kier molecular flexibility index (Phi) is 6.88. The van der Waals surface area contributed by atoms with Crippen LogP contribution in [0.25, 0.3) is 5.65 Å². The van der Waals surface area contributed by atoms with Crippen LogP contribution in [-0.4, -0.2) is 36.6 Å². The molecular weight excluding hydrogens is 500 g/mol. The van der Waals surface area contributed by atoms with Crippen LogP contribution in [0, 0.1) is 22.7 Å². The molecule has 2 aliphatic rings. The number of aromatic nitrogens is 5. The molecule has 1 aromatic carbocycles. The second kappa shape index (κ2) is 10.5. The summed E-state index contributed by atoms with van der Waals surface area (Å²) >= 11 is 0. The largest absolute Gasteiger partial charge is 0.322 e. The van der Waals surface area contributed by atoms with Gasteiger partial charge in [0.15, 0.2) is 0 Å². The number of carbonyl (C=O) groups excluding carboxylic acids is 1. The minimum atomic E-state index is -0.209. The molecule has 2 aliphatic carbocycles. The molecule has 206 valence electrons. The number of rotatable bonds is 9. The Morgan fingerprint density at radius 2 is 2.05 bits per heavy atom. The molecule has 9 heteroatoms. The van der Waals surface area contributed by atoms with E-state index >= 15 is 0 Å². The van der Waals surface area contributed by atoms with E-state index in [0.29, 0.717) is 29.6 Å². The summed E-state index contributed by atoms with van der Waals surface area (Å²) in [7, 11) is 1.94. The van der Waals surface area contributed by atoms with Crippen molar-refractivity contribution in [2.45, 2.75) is 63.8 Å². The maximum atomic E-state index is 13.6. The molecule has 2 N–H and O–H groups in total. The molecule has 0 atom stereocenters. The fourth-order valence-corrected chi connectivity index (χ4v) is 6.62. The third-order valence-electron chi connectivity index (χ3n) is 8.97. The van der Waals surface area contributed by atoms with Crippen molar-refractivity contribution in [3.8, 4) is 6.07 Å². The summed E-state index contributed by atoms with van der Waals surface area (Å²) in [6.45, 7) is 4.04. The van der Waals surface area contributed by atoms with Crippen LogP contribution in [0.15, 0.2) is 55.2 Å². The zero-order chi connectivity index (χ0) is 27.7. The van der Waals surface area contributed by atoms with Gasteiger partial charge in [0.1, 0.15) is 17.8 Å². The number of hydrogen-bond donors (Lipinski definition) is 2. The van der Waals surface area contributed by atoms with Crippen LogP contribution in [0.2, 0.25) is 0 Å². The second-order valence-corrected chi connectivity index (χ2v) is 12.1. The number of hydrogen-bond acceptors (Lipinski definition) is 6. The second-order valence-electron chi connectivity index (χ2n) is 12.1. The van der Waals surface area contributed by atoms with Gasteiger partial charge < -0.3 is 19.6 Å². The highest BCUT2D eigenvalue weighted by Gasteiger charge is 2.46. The van der Waals surface area contributed by atoms with Crippen LogP contribution >= 0.6 is 0 Å². The van der Waals surface area contributed by atoms with E-state index in [0.717, 1.165) is 42.0 Å². The first-order valence-electron chi connectivity index (χ1n) is 14.2. The number of nitriles is 1. The predicted octanol–water partition coefficient (Wildman–Crippen LogP) is 4.80. The quantitative estimate of drug-likeness (QED) is 0.318. The van der Waals surface area contributed by atoms with Gasteiger partial charge in [-0.3, -0.25) is 4.79 Å². The molecule has 0 saturated heterocycles. The van der Waals surface area contributed by atoms with Crippen LogP contribution in [0.4, 0.5) is 5.69 Å². The number of nitrogens with one attached hydrogen (secondary N) is 2. The third-order valence-corrected chi connectivity index (χ3v) is 8.97. The van der Waals surface area contributed by atoms with Gasteiger partial charge in [-0.1, -0.05) is 31.9 Å². The topological polar surface area (TPSA) is 113 Å². The van der Waals surface area contributed by atoms with Gasteiger partial charge in [0, 0.05) is 62.2 Å². The van der Waals surface area contributed by atoms with Gasteiger partial charge in [-0.2, -0.15) is 5.26 Å². The Bertz CT molecular complexity index is 1570. The molecule has 4 aromatic rings. The van der Waals surface area contributed by atoms with Gasteiger partial charge in [-0.15, -0.1) is 10.2 Å². The highest BCUT2D eigenvalue weighted by molar-refractivity contribution is 6.08. The first-order chi connectivity index (χ1) is 19.4. The number of carbonyl (C=O) groups is 1. The van der Waals surface area contributed by atoms with Crippen LogP contribution in [0.1, 0.15) is 72.8 Å². The highest BCUT2D eigenvalue weighted by atomic mass is 16.1. The van der Waals surface area contributed by atoms with Crippen molar-refractivity contribution >= 4 is 17.2 Å². The first kappa shape index (κ1) is 26.2. The smallest absolute Gasteiger partial charge is 0.259 e. The van der Waals surface area contributed by atoms with Crippen LogP contribution in [0.5, 0.6) is 0 Å². The minimum absolute atomic E-state index is 0.0211. The molecule has 40 heavy (non-hydrogen) atoms. The lowest BCUT2D eigenvalue weighted by Crippen LogP contribution is -2.43. The molecule has 2 saturated carbocycles. The zero-order valence-electron chi connectivity index (χ0n) is 23.2. The minimum Gasteiger partial charge on any atom is -0.322 e.